The Morgan fingerprint density at radius 2 is 1.95 bits per heavy atom. The smallest absolute Gasteiger partial charge is 0.271 e. The van der Waals surface area contributed by atoms with Gasteiger partial charge in [0.1, 0.15) is 0 Å². The maximum atomic E-state index is 12.7. The summed E-state index contributed by atoms with van der Waals surface area (Å²) in [6.45, 7) is 0. The third kappa shape index (κ3) is 2.56. The molecule has 1 aromatic rings. The summed E-state index contributed by atoms with van der Waals surface area (Å²) >= 11 is 0. The van der Waals surface area contributed by atoms with Crippen LogP contribution in [0.1, 0.15) is 30.4 Å². The molecule has 0 amide bonds. The third-order valence-electron chi connectivity index (χ3n) is 4.86. The number of fused-ring (bicyclic) bond motifs is 1. The summed E-state index contributed by atoms with van der Waals surface area (Å²) < 4.78 is 38.1. The van der Waals surface area contributed by atoms with Crippen LogP contribution in [0.2, 0.25) is 0 Å². The van der Waals surface area contributed by atoms with Gasteiger partial charge in [-0.3, -0.25) is 11.3 Å². The second-order valence-electron chi connectivity index (χ2n) is 6.01. The molecule has 1 aromatic carbocycles. The molecule has 2 fully saturated rings. The van der Waals surface area contributed by atoms with Gasteiger partial charge in [0.2, 0.25) is 0 Å². The molecule has 2 nitrogen and oxygen atoms in total. The van der Waals surface area contributed by atoms with Crippen molar-refractivity contribution in [1.29, 1.82) is 0 Å². The van der Waals surface area contributed by atoms with Crippen molar-refractivity contribution in [2.75, 3.05) is 0 Å². The van der Waals surface area contributed by atoms with Crippen molar-refractivity contribution in [1.82, 2.24) is 5.43 Å². The van der Waals surface area contributed by atoms with Gasteiger partial charge < -0.3 is 0 Å². The number of nitrogens with one attached hydrogen (secondary N) is 1. The van der Waals surface area contributed by atoms with E-state index in [2.05, 4.69) is 5.43 Å². The SMILES string of the molecule is NNC(Cc1cccc(C(F)(F)F)c1)C1C2CCCC21. The fraction of sp³-hybridized carbons (Fsp3) is 0.600. The first-order valence-corrected chi connectivity index (χ1v) is 7.13. The van der Waals surface area contributed by atoms with Crippen LogP contribution in [0.25, 0.3) is 0 Å². The lowest BCUT2D eigenvalue weighted by molar-refractivity contribution is -0.137. The zero-order chi connectivity index (χ0) is 14.3. The first-order valence-electron chi connectivity index (χ1n) is 7.13. The summed E-state index contributed by atoms with van der Waals surface area (Å²) in [6, 6.07) is 5.66. The summed E-state index contributed by atoms with van der Waals surface area (Å²) in [5.74, 6) is 7.64. The largest absolute Gasteiger partial charge is 0.416 e. The molecule has 110 valence electrons. The van der Waals surface area contributed by atoms with Crippen molar-refractivity contribution in [3.05, 3.63) is 35.4 Å². The van der Waals surface area contributed by atoms with Gasteiger partial charge in [-0.1, -0.05) is 24.6 Å². The van der Waals surface area contributed by atoms with E-state index < -0.39 is 11.7 Å². The van der Waals surface area contributed by atoms with E-state index in [0.29, 0.717) is 17.9 Å². The van der Waals surface area contributed by atoms with Crippen molar-refractivity contribution >= 4 is 0 Å². The fourth-order valence-electron chi connectivity index (χ4n) is 3.91. The molecular weight excluding hydrogens is 265 g/mol. The van der Waals surface area contributed by atoms with E-state index in [4.69, 9.17) is 5.84 Å². The van der Waals surface area contributed by atoms with Crippen LogP contribution in [0, 0.1) is 17.8 Å². The number of hydrogen-bond donors (Lipinski definition) is 2. The molecule has 0 heterocycles. The first-order chi connectivity index (χ1) is 9.50. The van der Waals surface area contributed by atoms with Gasteiger partial charge in [0.25, 0.3) is 0 Å². The molecule has 0 bridgehead atoms. The number of alkyl halides is 3. The monoisotopic (exact) mass is 284 g/mol. The summed E-state index contributed by atoms with van der Waals surface area (Å²) in [5.41, 5.74) is 2.94. The molecule has 3 atom stereocenters. The van der Waals surface area contributed by atoms with Gasteiger partial charge in [0.15, 0.2) is 0 Å². The highest BCUT2D eigenvalue weighted by molar-refractivity contribution is 5.27. The second kappa shape index (κ2) is 5.04. The van der Waals surface area contributed by atoms with E-state index in [1.54, 1.807) is 6.07 Å². The molecule has 3 unspecified atom stereocenters. The van der Waals surface area contributed by atoms with Gasteiger partial charge in [-0.25, -0.2) is 0 Å². The van der Waals surface area contributed by atoms with Gasteiger partial charge in [0, 0.05) is 6.04 Å². The lowest BCUT2D eigenvalue weighted by Gasteiger charge is -2.18. The molecule has 0 saturated heterocycles. The van der Waals surface area contributed by atoms with E-state index in [9.17, 15) is 13.2 Å². The van der Waals surface area contributed by atoms with Crippen molar-refractivity contribution < 1.29 is 13.2 Å². The highest BCUT2D eigenvalue weighted by Gasteiger charge is 2.55. The van der Waals surface area contributed by atoms with Crippen LogP contribution in [0.4, 0.5) is 13.2 Å². The number of hydrogen-bond acceptors (Lipinski definition) is 2. The van der Waals surface area contributed by atoms with Crippen molar-refractivity contribution in [3.8, 4) is 0 Å². The van der Waals surface area contributed by atoms with E-state index in [1.165, 1.54) is 31.4 Å². The second-order valence-corrected chi connectivity index (χ2v) is 6.01. The van der Waals surface area contributed by atoms with Gasteiger partial charge >= 0.3 is 6.18 Å². The van der Waals surface area contributed by atoms with Crippen molar-refractivity contribution in [2.45, 2.75) is 37.9 Å². The zero-order valence-corrected chi connectivity index (χ0v) is 11.2. The van der Waals surface area contributed by atoms with Gasteiger partial charge in [-0.2, -0.15) is 13.2 Å². The maximum Gasteiger partial charge on any atom is 0.416 e. The van der Waals surface area contributed by atoms with Crippen LogP contribution in [0.15, 0.2) is 24.3 Å². The number of halogens is 3. The third-order valence-corrected chi connectivity index (χ3v) is 4.86. The Labute approximate surface area is 116 Å². The van der Waals surface area contributed by atoms with Crippen molar-refractivity contribution in [2.24, 2.45) is 23.6 Å². The van der Waals surface area contributed by atoms with Gasteiger partial charge in [0.05, 0.1) is 5.56 Å². The Morgan fingerprint density at radius 3 is 2.55 bits per heavy atom. The standard InChI is InChI=1S/C15H19F3N2/c16-15(17,18)10-4-1-3-9(7-10)8-13(20-19)14-11-5-2-6-12(11)14/h1,3-4,7,11-14,20H,2,5-6,8,19H2. The average Bonchev–Trinajstić information content (AvgIpc) is 2.88. The van der Waals surface area contributed by atoms with E-state index >= 15 is 0 Å². The minimum atomic E-state index is -4.28. The molecule has 0 spiro atoms. The summed E-state index contributed by atoms with van der Waals surface area (Å²) in [7, 11) is 0. The molecule has 2 aliphatic carbocycles. The predicted octanol–water partition coefficient (Wildman–Crippen LogP) is 3.13. The van der Waals surface area contributed by atoms with Crippen LogP contribution < -0.4 is 11.3 Å². The van der Waals surface area contributed by atoms with E-state index in [0.717, 1.165) is 17.9 Å². The quantitative estimate of drug-likeness (QED) is 0.658. The van der Waals surface area contributed by atoms with Crippen molar-refractivity contribution in [3.63, 3.8) is 0 Å². The Balaban J connectivity index is 1.70. The molecule has 3 rings (SSSR count). The number of hydrazine groups is 1. The zero-order valence-electron chi connectivity index (χ0n) is 11.2. The molecule has 2 saturated carbocycles. The molecule has 0 radical (unpaired) electrons. The minimum Gasteiger partial charge on any atom is -0.271 e. The molecular formula is C15H19F3N2. The summed E-state index contributed by atoms with van der Waals surface area (Å²) in [4.78, 5) is 0. The number of nitrogens with two attached hydrogens (primary N) is 1. The topological polar surface area (TPSA) is 38.0 Å². The molecule has 0 aliphatic heterocycles. The van der Waals surface area contributed by atoms with Crippen LogP contribution in [-0.2, 0) is 12.6 Å². The average molecular weight is 284 g/mol. The molecule has 3 N–H and O–H groups in total. The molecule has 2 aliphatic rings. The Kier molecular flexibility index (Phi) is 3.50. The minimum absolute atomic E-state index is 0.0915. The first kappa shape index (κ1) is 13.9. The molecule has 20 heavy (non-hydrogen) atoms. The molecule has 5 heteroatoms. The van der Waals surface area contributed by atoms with Crippen LogP contribution >= 0.6 is 0 Å². The predicted molar refractivity (Wildman–Crippen MR) is 70.6 cm³/mol. The Hall–Kier alpha value is -1.07. The Morgan fingerprint density at radius 1 is 1.25 bits per heavy atom. The number of benzene rings is 1. The fourth-order valence-corrected chi connectivity index (χ4v) is 3.91. The van der Waals surface area contributed by atoms with E-state index in [-0.39, 0.29) is 6.04 Å². The summed E-state index contributed by atoms with van der Waals surface area (Å²) in [6.07, 6.45) is 0.0642. The van der Waals surface area contributed by atoms with Gasteiger partial charge in [-0.05, 0) is 48.6 Å². The van der Waals surface area contributed by atoms with Gasteiger partial charge in [-0.15, -0.1) is 0 Å². The van der Waals surface area contributed by atoms with Crippen LogP contribution in [-0.4, -0.2) is 6.04 Å². The van der Waals surface area contributed by atoms with Crippen LogP contribution in [0.3, 0.4) is 0 Å². The van der Waals surface area contributed by atoms with Crippen LogP contribution in [0.5, 0.6) is 0 Å². The van der Waals surface area contributed by atoms with E-state index in [1.807, 2.05) is 0 Å². The maximum absolute atomic E-state index is 12.7. The Bertz CT molecular complexity index is 476. The highest BCUT2D eigenvalue weighted by atomic mass is 19.4. The highest BCUT2D eigenvalue weighted by Crippen LogP contribution is 2.59. The molecule has 0 aromatic heterocycles. The number of rotatable bonds is 4. The lowest BCUT2D eigenvalue weighted by Crippen LogP contribution is -2.39. The normalized spacial score (nSPS) is 30.1. The lowest BCUT2D eigenvalue weighted by atomic mass is 9.96. The summed E-state index contributed by atoms with van der Waals surface area (Å²) in [5, 5.41) is 0.